The summed E-state index contributed by atoms with van der Waals surface area (Å²) in [6, 6.07) is 15.5. The first-order valence-electron chi connectivity index (χ1n) is 6.49. The van der Waals surface area contributed by atoms with Gasteiger partial charge in [0.15, 0.2) is 11.5 Å². The Bertz CT molecular complexity index is 568. The van der Waals surface area contributed by atoms with E-state index in [4.69, 9.17) is 9.47 Å². The van der Waals surface area contributed by atoms with Crippen LogP contribution in [0.1, 0.15) is 12.5 Å². The molecular weight excluding hydrogens is 252 g/mol. The average molecular weight is 270 g/mol. The van der Waals surface area contributed by atoms with Crippen molar-refractivity contribution in [3.63, 3.8) is 0 Å². The van der Waals surface area contributed by atoms with Crippen LogP contribution in [0.3, 0.4) is 0 Å². The van der Waals surface area contributed by atoms with E-state index in [2.05, 4.69) is 10.5 Å². The average Bonchev–Trinajstić information content (AvgIpc) is 2.49. The summed E-state index contributed by atoms with van der Waals surface area (Å²) in [7, 11) is 1.62. The fourth-order valence-corrected chi connectivity index (χ4v) is 1.81. The lowest BCUT2D eigenvalue weighted by atomic mass is 10.2. The molecule has 0 aliphatic heterocycles. The van der Waals surface area contributed by atoms with Crippen molar-refractivity contribution in [2.24, 2.45) is 5.10 Å². The molecule has 2 aromatic rings. The van der Waals surface area contributed by atoms with E-state index in [1.54, 1.807) is 13.3 Å². The second-order valence-electron chi connectivity index (χ2n) is 4.05. The highest BCUT2D eigenvalue weighted by Crippen LogP contribution is 2.29. The van der Waals surface area contributed by atoms with E-state index in [0.717, 1.165) is 17.0 Å². The maximum atomic E-state index is 5.53. The predicted molar refractivity (Wildman–Crippen MR) is 81.8 cm³/mol. The first-order valence-corrected chi connectivity index (χ1v) is 6.49. The highest BCUT2D eigenvalue weighted by Gasteiger charge is 2.07. The van der Waals surface area contributed by atoms with Crippen LogP contribution < -0.4 is 14.9 Å². The zero-order valence-corrected chi connectivity index (χ0v) is 11.7. The Morgan fingerprint density at radius 3 is 2.60 bits per heavy atom. The first-order chi connectivity index (χ1) is 9.85. The van der Waals surface area contributed by atoms with Crippen molar-refractivity contribution in [3.8, 4) is 11.5 Å². The Labute approximate surface area is 119 Å². The summed E-state index contributed by atoms with van der Waals surface area (Å²) < 4.78 is 10.9. The van der Waals surface area contributed by atoms with Gasteiger partial charge in [-0.2, -0.15) is 5.10 Å². The van der Waals surface area contributed by atoms with Gasteiger partial charge in [0, 0.05) is 5.56 Å². The van der Waals surface area contributed by atoms with E-state index in [1.807, 2.05) is 55.5 Å². The molecule has 0 aliphatic rings. The third kappa shape index (κ3) is 3.51. The third-order valence-corrected chi connectivity index (χ3v) is 2.68. The standard InChI is InChI=1S/C16H18N2O2/c1-3-20-15-11-7-8-13(16(15)19-2)12-17-18-14-9-5-4-6-10-14/h4-12,18H,3H2,1-2H3/b17-12+. The summed E-state index contributed by atoms with van der Waals surface area (Å²) >= 11 is 0. The van der Waals surface area contributed by atoms with Gasteiger partial charge >= 0.3 is 0 Å². The van der Waals surface area contributed by atoms with Crippen LogP contribution in [0.5, 0.6) is 11.5 Å². The number of anilines is 1. The minimum absolute atomic E-state index is 0.596. The maximum Gasteiger partial charge on any atom is 0.169 e. The van der Waals surface area contributed by atoms with Gasteiger partial charge in [0.05, 0.1) is 25.6 Å². The van der Waals surface area contributed by atoms with Crippen molar-refractivity contribution in [2.75, 3.05) is 19.1 Å². The fraction of sp³-hybridized carbons (Fsp3) is 0.188. The highest BCUT2D eigenvalue weighted by atomic mass is 16.5. The number of hydrogen-bond acceptors (Lipinski definition) is 4. The van der Waals surface area contributed by atoms with E-state index in [9.17, 15) is 0 Å². The molecule has 0 radical (unpaired) electrons. The number of benzene rings is 2. The lowest BCUT2D eigenvalue weighted by Crippen LogP contribution is -1.99. The number of para-hydroxylation sites is 2. The molecule has 104 valence electrons. The van der Waals surface area contributed by atoms with Crippen LogP contribution >= 0.6 is 0 Å². The second-order valence-corrected chi connectivity index (χ2v) is 4.05. The van der Waals surface area contributed by atoms with Crippen molar-refractivity contribution in [2.45, 2.75) is 6.92 Å². The molecule has 0 unspecified atom stereocenters. The van der Waals surface area contributed by atoms with Crippen LogP contribution in [-0.4, -0.2) is 19.9 Å². The molecule has 0 bridgehead atoms. The fourth-order valence-electron chi connectivity index (χ4n) is 1.81. The molecule has 2 rings (SSSR count). The number of nitrogens with one attached hydrogen (secondary N) is 1. The van der Waals surface area contributed by atoms with Gasteiger partial charge in [0.25, 0.3) is 0 Å². The van der Waals surface area contributed by atoms with E-state index in [1.165, 1.54) is 0 Å². The van der Waals surface area contributed by atoms with Crippen LogP contribution in [0.4, 0.5) is 5.69 Å². The summed E-state index contributed by atoms with van der Waals surface area (Å²) in [5.74, 6) is 1.41. The molecule has 0 saturated heterocycles. The smallest absolute Gasteiger partial charge is 0.169 e. The molecule has 20 heavy (non-hydrogen) atoms. The number of hydrogen-bond donors (Lipinski definition) is 1. The van der Waals surface area contributed by atoms with Gasteiger partial charge in [-0.25, -0.2) is 0 Å². The van der Waals surface area contributed by atoms with Crippen LogP contribution in [0.2, 0.25) is 0 Å². The molecule has 1 N–H and O–H groups in total. The lowest BCUT2D eigenvalue weighted by Gasteiger charge is -2.11. The van der Waals surface area contributed by atoms with E-state index in [-0.39, 0.29) is 0 Å². The monoisotopic (exact) mass is 270 g/mol. The molecule has 0 saturated carbocycles. The third-order valence-electron chi connectivity index (χ3n) is 2.68. The Morgan fingerprint density at radius 1 is 1.10 bits per heavy atom. The first kappa shape index (κ1) is 13.9. The van der Waals surface area contributed by atoms with Gasteiger partial charge < -0.3 is 9.47 Å². The van der Waals surface area contributed by atoms with E-state index >= 15 is 0 Å². The Morgan fingerprint density at radius 2 is 1.90 bits per heavy atom. The maximum absolute atomic E-state index is 5.53. The molecule has 0 aliphatic carbocycles. The molecule has 2 aromatic carbocycles. The Hall–Kier alpha value is -2.49. The number of rotatable bonds is 6. The van der Waals surface area contributed by atoms with Crippen molar-refractivity contribution in [3.05, 3.63) is 54.1 Å². The molecule has 4 heteroatoms. The zero-order valence-electron chi connectivity index (χ0n) is 11.7. The van der Waals surface area contributed by atoms with Crippen LogP contribution in [0, 0.1) is 0 Å². The quantitative estimate of drug-likeness (QED) is 0.645. The zero-order chi connectivity index (χ0) is 14.2. The normalized spacial score (nSPS) is 10.5. The van der Waals surface area contributed by atoms with Crippen molar-refractivity contribution in [1.82, 2.24) is 0 Å². The lowest BCUT2D eigenvalue weighted by molar-refractivity contribution is 0.311. The molecular formula is C16H18N2O2. The van der Waals surface area contributed by atoms with Crippen molar-refractivity contribution in [1.29, 1.82) is 0 Å². The molecule has 0 spiro atoms. The Kier molecular flexibility index (Phi) is 5.00. The van der Waals surface area contributed by atoms with Gasteiger partial charge in [-0.15, -0.1) is 0 Å². The van der Waals surface area contributed by atoms with Gasteiger partial charge in [-0.3, -0.25) is 5.43 Å². The van der Waals surface area contributed by atoms with E-state index in [0.29, 0.717) is 12.4 Å². The van der Waals surface area contributed by atoms with Gasteiger partial charge in [-0.1, -0.05) is 24.3 Å². The SMILES string of the molecule is CCOc1cccc(/C=N/Nc2ccccc2)c1OC. The molecule has 0 heterocycles. The minimum atomic E-state index is 0.596. The topological polar surface area (TPSA) is 42.8 Å². The van der Waals surface area contributed by atoms with Crippen molar-refractivity contribution < 1.29 is 9.47 Å². The summed E-state index contributed by atoms with van der Waals surface area (Å²) in [5, 5.41) is 4.21. The van der Waals surface area contributed by atoms with Crippen LogP contribution in [0.25, 0.3) is 0 Å². The van der Waals surface area contributed by atoms with Gasteiger partial charge in [0.1, 0.15) is 0 Å². The molecule has 0 fully saturated rings. The largest absolute Gasteiger partial charge is 0.492 e. The number of nitrogens with zero attached hydrogens (tertiary/aromatic N) is 1. The van der Waals surface area contributed by atoms with Crippen molar-refractivity contribution >= 4 is 11.9 Å². The number of methoxy groups -OCH3 is 1. The summed E-state index contributed by atoms with van der Waals surface area (Å²) in [4.78, 5) is 0. The molecule has 0 amide bonds. The minimum Gasteiger partial charge on any atom is -0.492 e. The van der Waals surface area contributed by atoms with Gasteiger partial charge in [-0.05, 0) is 31.2 Å². The number of hydrazone groups is 1. The predicted octanol–water partition coefficient (Wildman–Crippen LogP) is 3.54. The van der Waals surface area contributed by atoms with Crippen LogP contribution in [-0.2, 0) is 0 Å². The molecule has 0 atom stereocenters. The van der Waals surface area contributed by atoms with Crippen LogP contribution in [0.15, 0.2) is 53.6 Å². The number of ether oxygens (including phenoxy) is 2. The summed E-state index contributed by atoms with van der Waals surface area (Å²) in [5.41, 5.74) is 4.77. The highest BCUT2D eigenvalue weighted by molar-refractivity contribution is 5.85. The Balaban J connectivity index is 2.14. The molecule has 0 aromatic heterocycles. The summed E-state index contributed by atoms with van der Waals surface area (Å²) in [6.45, 7) is 2.54. The second kappa shape index (κ2) is 7.19. The molecule has 4 nitrogen and oxygen atoms in total. The van der Waals surface area contributed by atoms with E-state index < -0.39 is 0 Å². The van der Waals surface area contributed by atoms with Gasteiger partial charge in [0.2, 0.25) is 0 Å². The summed E-state index contributed by atoms with van der Waals surface area (Å²) in [6.07, 6.45) is 1.72.